The standard InChI is InChI=1S/C32H30F2N4O3/c1-18-23-5-3-2-4-19(23)11-13-37(18)31(39)25-15-28(20-6-7-20)38-29(30(25)34)16-27(35-38)24-9-8-22(14-26(24)33)36-12-10-21(17-36)32(40)41/h2-5,8-9,14-16,18,20-21H,6-7,10-13,17H2,1H3,(H,40,41)/t18-,21?/m1/s1. The lowest BCUT2D eigenvalue weighted by Gasteiger charge is -2.35. The number of carbonyl (C=O) groups excluding carboxylic acids is 1. The summed E-state index contributed by atoms with van der Waals surface area (Å²) in [5, 5.41) is 13.9. The average molecular weight is 557 g/mol. The van der Waals surface area contributed by atoms with E-state index in [4.69, 9.17) is 0 Å². The molecule has 1 N–H and O–H groups in total. The molecule has 1 saturated carbocycles. The summed E-state index contributed by atoms with van der Waals surface area (Å²) in [4.78, 5) is 28.7. The van der Waals surface area contributed by atoms with Gasteiger partial charge in [0.25, 0.3) is 5.91 Å². The van der Waals surface area contributed by atoms with Gasteiger partial charge in [-0.2, -0.15) is 5.10 Å². The zero-order valence-electron chi connectivity index (χ0n) is 22.7. The Morgan fingerprint density at radius 2 is 1.80 bits per heavy atom. The number of rotatable bonds is 5. The lowest BCUT2D eigenvalue weighted by Crippen LogP contribution is -2.39. The first kappa shape index (κ1) is 25.7. The van der Waals surface area contributed by atoms with Crippen LogP contribution in [-0.2, 0) is 11.2 Å². The fourth-order valence-corrected chi connectivity index (χ4v) is 6.41. The third-order valence-corrected chi connectivity index (χ3v) is 8.92. The molecule has 1 unspecified atom stereocenters. The first-order valence-corrected chi connectivity index (χ1v) is 14.2. The molecule has 0 radical (unpaired) electrons. The topological polar surface area (TPSA) is 78.2 Å². The van der Waals surface area contributed by atoms with Gasteiger partial charge in [-0.05, 0) is 74.1 Å². The van der Waals surface area contributed by atoms with E-state index in [0.717, 1.165) is 24.1 Å². The molecule has 9 heteroatoms. The SMILES string of the molecule is C[C@@H]1c2ccccc2CCN1C(=O)c1cc(C2CC2)n2nc(-c3ccc(N4CCC(C(=O)O)C4)cc3F)cc2c1F. The quantitative estimate of drug-likeness (QED) is 0.335. The minimum absolute atomic E-state index is 0.0231. The highest BCUT2D eigenvalue weighted by Crippen LogP contribution is 2.42. The number of halogens is 2. The number of hydrogen-bond donors (Lipinski definition) is 1. The van der Waals surface area contributed by atoms with Gasteiger partial charge < -0.3 is 14.9 Å². The number of aromatic nitrogens is 2. The summed E-state index contributed by atoms with van der Waals surface area (Å²) in [5.41, 5.74) is 4.34. The second kappa shape index (κ2) is 9.68. The summed E-state index contributed by atoms with van der Waals surface area (Å²) in [6, 6.07) is 15.7. The van der Waals surface area contributed by atoms with Crippen molar-refractivity contribution in [3.05, 3.63) is 88.6 Å². The van der Waals surface area contributed by atoms with E-state index in [0.29, 0.717) is 38.2 Å². The fraction of sp³-hybridized carbons (Fsp3) is 0.344. The molecule has 2 aliphatic heterocycles. The Morgan fingerprint density at radius 3 is 2.54 bits per heavy atom. The summed E-state index contributed by atoms with van der Waals surface area (Å²) in [6.07, 6.45) is 3.07. The number of carbonyl (C=O) groups is 2. The molecule has 1 amide bonds. The van der Waals surface area contributed by atoms with Crippen molar-refractivity contribution in [2.45, 2.75) is 44.6 Å². The number of benzene rings is 2. The van der Waals surface area contributed by atoms with Gasteiger partial charge >= 0.3 is 5.97 Å². The fourth-order valence-electron chi connectivity index (χ4n) is 6.41. The van der Waals surface area contributed by atoms with E-state index in [-0.39, 0.29) is 40.2 Å². The van der Waals surface area contributed by atoms with Gasteiger partial charge in [0.1, 0.15) is 11.3 Å². The number of nitrogens with zero attached hydrogens (tertiary/aromatic N) is 4. The van der Waals surface area contributed by atoms with Gasteiger partial charge in [0.15, 0.2) is 5.82 Å². The number of aliphatic carboxylic acids is 1. The van der Waals surface area contributed by atoms with Gasteiger partial charge in [0.05, 0.1) is 23.2 Å². The normalized spacial score (nSPS) is 20.5. The Morgan fingerprint density at radius 1 is 1.00 bits per heavy atom. The van der Waals surface area contributed by atoms with Gasteiger partial charge in [0.2, 0.25) is 0 Å². The number of fused-ring (bicyclic) bond motifs is 2. The Balaban J connectivity index is 1.24. The number of carboxylic acid groups (broad SMARTS) is 1. The van der Waals surface area contributed by atoms with Crippen molar-refractivity contribution >= 4 is 23.1 Å². The van der Waals surface area contributed by atoms with Crippen LogP contribution in [-0.4, -0.2) is 51.1 Å². The lowest BCUT2D eigenvalue weighted by atomic mass is 9.93. The van der Waals surface area contributed by atoms with E-state index in [1.165, 1.54) is 22.2 Å². The molecule has 7 nitrogen and oxygen atoms in total. The molecule has 4 aromatic rings. The Bertz CT molecular complexity index is 1710. The predicted octanol–water partition coefficient (Wildman–Crippen LogP) is 5.83. The molecule has 2 aromatic heterocycles. The predicted molar refractivity (Wildman–Crippen MR) is 150 cm³/mol. The summed E-state index contributed by atoms with van der Waals surface area (Å²) in [7, 11) is 0. The van der Waals surface area contributed by atoms with Crippen molar-refractivity contribution in [2.24, 2.45) is 5.92 Å². The van der Waals surface area contributed by atoms with Gasteiger partial charge in [-0.3, -0.25) is 9.59 Å². The van der Waals surface area contributed by atoms with Crippen LogP contribution in [0.1, 0.15) is 65.3 Å². The highest BCUT2D eigenvalue weighted by atomic mass is 19.1. The second-order valence-corrected chi connectivity index (χ2v) is 11.5. The third-order valence-electron chi connectivity index (χ3n) is 8.92. The summed E-state index contributed by atoms with van der Waals surface area (Å²) >= 11 is 0. The van der Waals surface area contributed by atoms with Crippen molar-refractivity contribution in [1.82, 2.24) is 14.5 Å². The average Bonchev–Trinajstić information content (AvgIpc) is 3.50. The first-order chi connectivity index (χ1) is 19.8. The van der Waals surface area contributed by atoms with Crippen LogP contribution in [0.25, 0.3) is 16.8 Å². The maximum absolute atomic E-state index is 16.1. The van der Waals surface area contributed by atoms with Gasteiger partial charge in [-0.25, -0.2) is 13.3 Å². The highest BCUT2D eigenvalue weighted by Gasteiger charge is 2.34. The molecule has 210 valence electrons. The van der Waals surface area contributed by atoms with Gasteiger partial charge in [-0.1, -0.05) is 24.3 Å². The summed E-state index contributed by atoms with van der Waals surface area (Å²) < 4.78 is 33.0. The van der Waals surface area contributed by atoms with Crippen LogP contribution in [0.5, 0.6) is 0 Å². The van der Waals surface area contributed by atoms with E-state index >= 15 is 8.78 Å². The highest BCUT2D eigenvalue weighted by molar-refractivity contribution is 5.96. The van der Waals surface area contributed by atoms with Crippen LogP contribution in [0.4, 0.5) is 14.5 Å². The van der Waals surface area contributed by atoms with E-state index < -0.39 is 23.5 Å². The van der Waals surface area contributed by atoms with E-state index in [1.807, 2.05) is 30.0 Å². The number of pyridine rings is 1. The number of anilines is 1. The summed E-state index contributed by atoms with van der Waals surface area (Å²) in [6.45, 7) is 3.35. The molecule has 2 atom stereocenters. The van der Waals surface area contributed by atoms with Gasteiger partial charge in [-0.15, -0.1) is 0 Å². The van der Waals surface area contributed by atoms with E-state index in [2.05, 4.69) is 11.2 Å². The molecular formula is C32H30F2N4O3. The monoisotopic (exact) mass is 556 g/mol. The molecule has 1 saturated heterocycles. The van der Waals surface area contributed by atoms with Crippen molar-refractivity contribution in [3.63, 3.8) is 0 Å². The maximum atomic E-state index is 16.1. The molecular weight excluding hydrogens is 526 g/mol. The minimum atomic E-state index is -0.847. The number of carboxylic acids is 1. The molecule has 1 aliphatic carbocycles. The zero-order chi connectivity index (χ0) is 28.4. The molecule has 4 heterocycles. The molecule has 2 aromatic carbocycles. The first-order valence-electron chi connectivity index (χ1n) is 14.2. The molecule has 3 aliphatic rings. The molecule has 7 rings (SSSR count). The molecule has 0 spiro atoms. The second-order valence-electron chi connectivity index (χ2n) is 11.5. The zero-order valence-corrected chi connectivity index (χ0v) is 22.7. The van der Waals surface area contributed by atoms with Crippen LogP contribution < -0.4 is 4.90 Å². The number of amides is 1. The van der Waals surface area contributed by atoms with Crippen molar-refractivity contribution < 1.29 is 23.5 Å². The summed E-state index contributed by atoms with van der Waals surface area (Å²) in [5.74, 6) is -2.67. The van der Waals surface area contributed by atoms with E-state index in [9.17, 15) is 14.7 Å². The largest absolute Gasteiger partial charge is 0.481 e. The van der Waals surface area contributed by atoms with Crippen molar-refractivity contribution in [1.29, 1.82) is 0 Å². The molecule has 2 fully saturated rings. The third kappa shape index (κ3) is 4.34. The number of hydrogen-bond acceptors (Lipinski definition) is 4. The van der Waals surface area contributed by atoms with Crippen LogP contribution in [0, 0.1) is 17.6 Å². The van der Waals surface area contributed by atoms with Gasteiger partial charge in [0, 0.05) is 42.5 Å². The minimum Gasteiger partial charge on any atom is -0.481 e. The Labute approximate surface area is 236 Å². The Kier molecular flexibility index (Phi) is 6.06. The Hall–Kier alpha value is -4.27. The lowest BCUT2D eigenvalue weighted by molar-refractivity contribution is -0.140. The molecule has 0 bridgehead atoms. The van der Waals surface area contributed by atoms with Crippen LogP contribution >= 0.6 is 0 Å². The van der Waals surface area contributed by atoms with Crippen LogP contribution in [0.3, 0.4) is 0 Å². The maximum Gasteiger partial charge on any atom is 0.308 e. The van der Waals surface area contributed by atoms with Crippen molar-refractivity contribution in [3.8, 4) is 11.3 Å². The molecule has 41 heavy (non-hydrogen) atoms. The van der Waals surface area contributed by atoms with Crippen LogP contribution in [0.2, 0.25) is 0 Å². The van der Waals surface area contributed by atoms with Crippen molar-refractivity contribution in [2.75, 3.05) is 24.5 Å². The smallest absolute Gasteiger partial charge is 0.308 e. The van der Waals surface area contributed by atoms with E-state index in [1.54, 1.807) is 23.1 Å². The van der Waals surface area contributed by atoms with Crippen LogP contribution in [0.15, 0.2) is 54.6 Å².